The Morgan fingerprint density at radius 3 is 2.88 bits per heavy atom. The summed E-state index contributed by atoms with van der Waals surface area (Å²) in [4.78, 5) is 19.1. The molecule has 26 heavy (non-hydrogen) atoms. The molecule has 0 saturated carbocycles. The number of benzene rings is 2. The molecule has 0 spiro atoms. The largest absolute Gasteiger partial charge is 0.483 e. The Labute approximate surface area is 153 Å². The maximum Gasteiger partial charge on any atom is 0.261 e. The number of amides is 1. The van der Waals surface area contributed by atoms with Crippen LogP contribution in [-0.2, 0) is 4.79 Å². The van der Waals surface area contributed by atoms with Crippen LogP contribution in [-0.4, -0.2) is 28.9 Å². The van der Waals surface area contributed by atoms with Gasteiger partial charge in [0.15, 0.2) is 6.61 Å². The van der Waals surface area contributed by atoms with E-state index >= 15 is 0 Å². The quantitative estimate of drug-likeness (QED) is 0.708. The molecule has 0 N–H and O–H groups in total. The van der Waals surface area contributed by atoms with Gasteiger partial charge >= 0.3 is 0 Å². The number of fused-ring (bicyclic) bond motifs is 1. The fraction of sp³-hybridized carbons (Fsp3) is 0.273. The molecule has 1 aliphatic rings. The van der Waals surface area contributed by atoms with Crippen LogP contribution in [0.4, 0.5) is 0 Å². The van der Waals surface area contributed by atoms with Gasteiger partial charge in [-0.05, 0) is 49.1 Å². The molecule has 4 heteroatoms. The van der Waals surface area contributed by atoms with Gasteiger partial charge in [0, 0.05) is 18.1 Å². The van der Waals surface area contributed by atoms with E-state index in [1.165, 1.54) is 5.56 Å². The second-order valence-corrected chi connectivity index (χ2v) is 6.77. The summed E-state index contributed by atoms with van der Waals surface area (Å²) in [6, 6.07) is 18.3. The number of pyridine rings is 1. The van der Waals surface area contributed by atoms with Crippen LogP contribution < -0.4 is 4.74 Å². The number of ether oxygens (including phenoxy) is 1. The Balaban J connectivity index is 1.49. The van der Waals surface area contributed by atoms with Gasteiger partial charge < -0.3 is 9.64 Å². The zero-order chi connectivity index (χ0) is 17.9. The van der Waals surface area contributed by atoms with Crippen molar-refractivity contribution >= 4 is 16.8 Å². The van der Waals surface area contributed by atoms with E-state index < -0.39 is 0 Å². The van der Waals surface area contributed by atoms with Crippen LogP contribution in [0.5, 0.6) is 5.75 Å². The lowest BCUT2D eigenvalue weighted by Crippen LogP contribution is -2.34. The summed E-state index contributed by atoms with van der Waals surface area (Å²) in [7, 11) is 0. The summed E-state index contributed by atoms with van der Waals surface area (Å²) < 4.78 is 5.89. The molecule has 2 heterocycles. The first kappa shape index (κ1) is 16.6. The van der Waals surface area contributed by atoms with Crippen molar-refractivity contribution in [3.63, 3.8) is 0 Å². The minimum atomic E-state index is 0.0356. The first-order chi connectivity index (χ1) is 12.7. The fourth-order valence-electron chi connectivity index (χ4n) is 3.67. The average molecular weight is 346 g/mol. The van der Waals surface area contributed by atoms with Crippen molar-refractivity contribution in [2.45, 2.75) is 25.8 Å². The summed E-state index contributed by atoms with van der Waals surface area (Å²) in [5.74, 6) is 0.743. The van der Waals surface area contributed by atoms with Gasteiger partial charge in [0.1, 0.15) is 5.75 Å². The van der Waals surface area contributed by atoms with Gasteiger partial charge in [-0.15, -0.1) is 0 Å². The Kier molecular flexibility index (Phi) is 4.57. The minimum Gasteiger partial charge on any atom is -0.483 e. The van der Waals surface area contributed by atoms with Crippen LogP contribution in [0.15, 0.2) is 60.8 Å². The van der Waals surface area contributed by atoms with Gasteiger partial charge in [0.2, 0.25) is 0 Å². The number of hydrogen-bond acceptors (Lipinski definition) is 3. The molecule has 1 amide bonds. The Morgan fingerprint density at radius 1 is 1.19 bits per heavy atom. The maximum absolute atomic E-state index is 12.8. The van der Waals surface area contributed by atoms with Crippen molar-refractivity contribution < 1.29 is 9.53 Å². The number of carbonyl (C=O) groups excluding carboxylic acids is 1. The molecule has 1 aromatic heterocycles. The summed E-state index contributed by atoms with van der Waals surface area (Å²) in [5.41, 5.74) is 3.24. The molecule has 132 valence electrons. The Bertz CT molecular complexity index is 924. The van der Waals surface area contributed by atoms with E-state index in [9.17, 15) is 4.79 Å². The second-order valence-electron chi connectivity index (χ2n) is 6.77. The molecule has 0 aliphatic carbocycles. The van der Waals surface area contributed by atoms with Crippen molar-refractivity contribution in [1.29, 1.82) is 0 Å². The van der Waals surface area contributed by atoms with E-state index in [2.05, 4.69) is 17.1 Å². The number of likely N-dealkylation sites (tertiary alicyclic amines) is 1. The summed E-state index contributed by atoms with van der Waals surface area (Å²) in [5, 5.41) is 0.937. The molecule has 1 fully saturated rings. The molecule has 0 radical (unpaired) electrons. The van der Waals surface area contributed by atoms with E-state index in [0.717, 1.165) is 35.9 Å². The lowest BCUT2D eigenvalue weighted by Gasteiger charge is -2.25. The van der Waals surface area contributed by atoms with Gasteiger partial charge in [0.05, 0.1) is 11.6 Å². The number of carbonyl (C=O) groups is 1. The van der Waals surface area contributed by atoms with E-state index in [1.54, 1.807) is 6.20 Å². The average Bonchev–Trinajstić information content (AvgIpc) is 3.16. The van der Waals surface area contributed by atoms with Gasteiger partial charge in [-0.25, -0.2) is 0 Å². The lowest BCUT2D eigenvalue weighted by molar-refractivity contribution is -0.134. The molecule has 4 nitrogen and oxygen atoms in total. The van der Waals surface area contributed by atoms with E-state index in [4.69, 9.17) is 4.74 Å². The predicted octanol–water partition coefficient (Wildman–Crippen LogP) is 4.29. The van der Waals surface area contributed by atoms with E-state index in [1.807, 2.05) is 54.3 Å². The van der Waals surface area contributed by atoms with Crippen LogP contribution in [0.25, 0.3) is 10.9 Å². The van der Waals surface area contributed by atoms with Crippen molar-refractivity contribution in [3.05, 3.63) is 71.9 Å². The third-order valence-electron chi connectivity index (χ3n) is 4.97. The topological polar surface area (TPSA) is 42.4 Å². The molecule has 0 unspecified atom stereocenters. The number of rotatable bonds is 4. The van der Waals surface area contributed by atoms with Gasteiger partial charge in [-0.2, -0.15) is 0 Å². The lowest BCUT2D eigenvalue weighted by atomic mass is 10.0. The smallest absolute Gasteiger partial charge is 0.261 e. The van der Waals surface area contributed by atoms with Crippen molar-refractivity contribution in [3.8, 4) is 5.75 Å². The third-order valence-corrected chi connectivity index (χ3v) is 4.97. The normalized spacial score (nSPS) is 16.8. The summed E-state index contributed by atoms with van der Waals surface area (Å²) in [6.45, 7) is 2.88. The number of aromatic nitrogens is 1. The summed E-state index contributed by atoms with van der Waals surface area (Å²) in [6.07, 6.45) is 3.76. The number of nitrogens with zero attached hydrogens (tertiary/aromatic N) is 2. The standard InChI is InChI=1S/C22H22N2O2/c1-16-9-10-18-19(14-16)23-12-11-21(18)26-15-22(25)24-13-5-8-20(24)17-6-3-2-4-7-17/h2-4,6-7,9-12,14,20H,5,8,13,15H2,1H3/t20-/m0/s1. The molecule has 1 aliphatic heterocycles. The zero-order valence-corrected chi connectivity index (χ0v) is 14.9. The van der Waals surface area contributed by atoms with E-state index in [-0.39, 0.29) is 18.6 Å². The van der Waals surface area contributed by atoms with Gasteiger partial charge in [0.25, 0.3) is 5.91 Å². The van der Waals surface area contributed by atoms with Crippen LogP contribution in [0, 0.1) is 6.92 Å². The Hall–Kier alpha value is -2.88. The first-order valence-corrected chi connectivity index (χ1v) is 9.05. The highest BCUT2D eigenvalue weighted by atomic mass is 16.5. The SMILES string of the molecule is Cc1ccc2c(OCC(=O)N3CCC[C@H]3c3ccccc3)ccnc2c1. The Morgan fingerprint density at radius 2 is 2.04 bits per heavy atom. The highest BCUT2D eigenvalue weighted by Gasteiger charge is 2.29. The van der Waals surface area contributed by atoms with Gasteiger partial charge in [-0.3, -0.25) is 9.78 Å². The molecule has 1 saturated heterocycles. The van der Waals surface area contributed by atoms with Crippen molar-refractivity contribution in [2.24, 2.45) is 0 Å². The number of aryl methyl sites for hydroxylation is 1. The predicted molar refractivity (Wildman–Crippen MR) is 102 cm³/mol. The van der Waals surface area contributed by atoms with Crippen LogP contribution in [0.3, 0.4) is 0 Å². The first-order valence-electron chi connectivity index (χ1n) is 9.05. The van der Waals surface area contributed by atoms with Crippen LogP contribution in [0.1, 0.15) is 30.0 Å². The molecule has 1 atom stereocenters. The highest BCUT2D eigenvalue weighted by molar-refractivity contribution is 5.86. The van der Waals surface area contributed by atoms with Crippen LogP contribution >= 0.6 is 0 Å². The molecule has 3 aromatic rings. The van der Waals surface area contributed by atoms with Gasteiger partial charge in [-0.1, -0.05) is 36.4 Å². The molecule has 2 aromatic carbocycles. The third kappa shape index (κ3) is 3.27. The summed E-state index contributed by atoms with van der Waals surface area (Å²) >= 11 is 0. The molecule has 0 bridgehead atoms. The van der Waals surface area contributed by atoms with E-state index in [0.29, 0.717) is 5.75 Å². The van der Waals surface area contributed by atoms with Crippen LogP contribution in [0.2, 0.25) is 0 Å². The second kappa shape index (κ2) is 7.16. The molecular formula is C22H22N2O2. The highest BCUT2D eigenvalue weighted by Crippen LogP contribution is 2.32. The number of hydrogen-bond donors (Lipinski definition) is 0. The van der Waals surface area contributed by atoms with Crippen molar-refractivity contribution in [2.75, 3.05) is 13.2 Å². The maximum atomic E-state index is 12.8. The monoisotopic (exact) mass is 346 g/mol. The minimum absolute atomic E-state index is 0.0356. The van der Waals surface area contributed by atoms with Crippen molar-refractivity contribution in [1.82, 2.24) is 9.88 Å². The fourth-order valence-corrected chi connectivity index (χ4v) is 3.67. The molecular weight excluding hydrogens is 324 g/mol. The zero-order valence-electron chi connectivity index (χ0n) is 14.9. The molecule has 4 rings (SSSR count).